The first-order valence-corrected chi connectivity index (χ1v) is 5.99. The highest BCUT2D eigenvalue weighted by Crippen LogP contribution is 2.13. The van der Waals surface area contributed by atoms with Crippen LogP contribution in [0.1, 0.15) is 15.9 Å². The van der Waals surface area contributed by atoms with Crippen LogP contribution in [-0.4, -0.2) is 43.4 Å². The number of alkyl halides is 3. The minimum Gasteiger partial charge on any atom is -0.370 e. The molecule has 1 heterocycles. The van der Waals surface area contributed by atoms with Crippen LogP contribution in [0.2, 0.25) is 0 Å². The van der Waals surface area contributed by atoms with Gasteiger partial charge in [-0.25, -0.2) is 0 Å². The molecule has 1 rings (SSSR count). The summed E-state index contributed by atoms with van der Waals surface area (Å²) in [4.78, 5) is 15.6. The molecule has 0 aromatic carbocycles. The third-order valence-corrected chi connectivity index (χ3v) is 2.13. The van der Waals surface area contributed by atoms with Crippen LogP contribution in [0.3, 0.4) is 0 Å². The lowest BCUT2D eigenvalue weighted by Gasteiger charge is -2.08. The molecule has 0 bridgehead atoms. The largest absolute Gasteiger partial charge is 0.411 e. The van der Waals surface area contributed by atoms with Crippen LogP contribution in [0.5, 0.6) is 0 Å². The summed E-state index contributed by atoms with van der Waals surface area (Å²) >= 11 is 0. The fourth-order valence-electron chi connectivity index (χ4n) is 1.31. The van der Waals surface area contributed by atoms with Crippen molar-refractivity contribution >= 4 is 5.91 Å². The lowest BCUT2D eigenvalue weighted by Crippen LogP contribution is -2.29. The Morgan fingerprint density at radius 3 is 2.86 bits per heavy atom. The van der Waals surface area contributed by atoms with E-state index >= 15 is 0 Å². The van der Waals surface area contributed by atoms with Gasteiger partial charge in [0.1, 0.15) is 6.61 Å². The average molecular weight is 301 g/mol. The molecule has 0 aliphatic heterocycles. The van der Waals surface area contributed by atoms with E-state index in [4.69, 9.17) is 5.73 Å². The molecule has 0 saturated carbocycles. The smallest absolute Gasteiger partial charge is 0.370 e. The van der Waals surface area contributed by atoms with E-state index in [1.54, 1.807) is 0 Å². The molecule has 8 heteroatoms. The van der Waals surface area contributed by atoms with Crippen molar-refractivity contribution in [3.8, 4) is 11.8 Å². The zero-order valence-corrected chi connectivity index (χ0v) is 11.0. The lowest BCUT2D eigenvalue weighted by atomic mass is 10.2. The molecule has 0 atom stereocenters. The minimum absolute atomic E-state index is 0.0341. The molecule has 0 aliphatic carbocycles. The fourth-order valence-corrected chi connectivity index (χ4v) is 1.31. The number of nitrogens with two attached hydrogens (primary N) is 1. The maximum atomic E-state index is 11.8. The van der Waals surface area contributed by atoms with Gasteiger partial charge in [0.05, 0.1) is 18.7 Å². The predicted octanol–water partition coefficient (Wildman–Crippen LogP) is 0.700. The number of hydrogen-bond acceptors (Lipinski definition) is 4. The van der Waals surface area contributed by atoms with E-state index in [1.165, 1.54) is 18.5 Å². The van der Waals surface area contributed by atoms with Crippen molar-refractivity contribution in [2.45, 2.75) is 6.18 Å². The zero-order valence-electron chi connectivity index (χ0n) is 11.0. The molecule has 0 unspecified atom stereocenters. The fraction of sp³-hybridized carbons (Fsp3) is 0.385. The molecule has 114 valence electrons. The molecule has 0 fully saturated rings. The van der Waals surface area contributed by atoms with E-state index in [0.29, 0.717) is 5.56 Å². The molecule has 5 nitrogen and oxygen atoms in total. The van der Waals surface area contributed by atoms with Crippen molar-refractivity contribution < 1.29 is 22.7 Å². The van der Waals surface area contributed by atoms with E-state index in [1.807, 2.05) is 0 Å². The van der Waals surface area contributed by atoms with E-state index in [9.17, 15) is 18.0 Å². The number of nitrogens with zero attached hydrogens (tertiary/aromatic N) is 1. The van der Waals surface area contributed by atoms with Gasteiger partial charge in [-0.1, -0.05) is 11.8 Å². The maximum absolute atomic E-state index is 11.8. The second-order valence-corrected chi connectivity index (χ2v) is 3.89. The van der Waals surface area contributed by atoms with Gasteiger partial charge in [-0.3, -0.25) is 9.78 Å². The highest BCUT2D eigenvalue weighted by Gasteiger charge is 2.27. The number of rotatable bonds is 5. The summed E-state index contributed by atoms with van der Waals surface area (Å²) in [7, 11) is 0. The molecule has 1 amide bonds. The van der Waals surface area contributed by atoms with E-state index in [-0.39, 0.29) is 25.3 Å². The Morgan fingerprint density at radius 2 is 2.19 bits per heavy atom. The number of amides is 1. The van der Waals surface area contributed by atoms with E-state index < -0.39 is 18.7 Å². The van der Waals surface area contributed by atoms with Gasteiger partial charge in [-0.05, 0) is 6.07 Å². The third kappa shape index (κ3) is 7.29. The first-order valence-electron chi connectivity index (χ1n) is 5.99. The number of halogens is 3. The highest BCUT2D eigenvalue weighted by atomic mass is 19.4. The molecule has 1 aromatic rings. The summed E-state index contributed by atoms with van der Waals surface area (Å²) in [5.41, 5.74) is 6.02. The minimum atomic E-state index is -4.37. The molecular weight excluding hydrogens is 287 g/mol. The summed E-state index contributed by atoms with van der Waals surface area (Å²) < 4.78 is 39.8. The van der Waals surface area contributed by atoms with Gasteiger partial charge in [0, 0.05) is 24.5 Å². The number of nitrogens with one attached hydrogen (secondary N) is 1. The van der Waals surface area contributed by atoms with Crippen molar-refractivity contribution in [3.05, 3.63) is 29.6 Å². The molecule has 0 spiro atoms. The van der Waals surface area contributed by atoms with Crippen LogP contribution in [0.4, 0.5) is 13.2 Å². The SMILES string of the molecule is NCC#Cc1cncc(C(=O)NCCOCC(F)(F)F)c1. The Morgan fingerprint density at radius 1 is 1.43 bits per heavy atom. The summed E-state index contributed by atoms with van der Waals surface area (Å²) in [5.74, 6) is 4.89. The third-order valence-electron chi connectivity index (χ3n) is 2.13. The monoisotopic (exact) mass is 301 g/mol. The first-order chi connectivity index (χ1) is 9.92. The second-order valence-electron chi connectivity index (χ2n) is 3.89. The number of ether oxygens (including phenoxy) is 1. The number of pyridine rings is 1. The van der Waals surface area contributed by atoms with Gasteiger partial charge in [0.25, 0.3) is 5.91 Å². The molecule has 21 heavy (non-hydrogen) atoms. The average Bonchev–Trinajstić information content (AvgIpc) is 2.43. The summed E-state index contributed by atoms with van der Waals surface area (Å²) in [6, 6.07) is 1.52. The zero-order chi connectivity index (χ0) is 15.7. The molecule has 3 N–H and O–H groups in total. The van der Waals surface area contributed by atoms with Gasteiger partial charge in [0.15, 0.2) is 0 Å². The van der Waals surface area contributed by atoms with Crippen LogP contribution in [0, 0.1) is 11.8 Å². The van der Waals surface area contributed by atoms with Crippen molar-refractivity contribution in [2.75, 3.05) is 26.3 Å². The Bertz CT molecular complexity index is 535. The van der Waals surface area contributed by atoms with Crippen LogP contribution in [0.25, 0.3) is 0 Å². The van der Waals surface area contributed by atoms with Crippen molar-refractivity contribution in [1.29, 1.82) is 0 Å². The number of aromatic nitrogens is 1. The first kappa shape index (κ1) is 16.9. The molecular formula is C13H14F3N3O2. The topological polar surface area (TPSA) is 77.2 Å². The Balaban J connectivity index is 2.42. The van der Waals surface area contributed by atoms with Crippen LogP contribution >= 0.6 is 0 Å². The van der Waals surface area contributed by atoms with Gasteiger partial charge >= 0.3 is 6.18 Å². The predicted molar refractivity (Wildman–Crippen MR) is 69.4 cm³/mol. The molecule has 1 aromatic heterocycles. The highest BCUT2D eigenvalue weighted by molar-refractivity contribution is 5.94. The standard InChI is InChI=1S/C13H14F3N3O2/c14-13(15,16)9-21-5-4-19-12(20)11-6-10(2-1-3-17)7-18-8-11/h6-8H,3-5,9,17H2,(H,19,20). The number of carbonyl (C=O) groups is 1. The van der Waals surface area contributed by atoms with E-state index in [0.717, 1.165) is 0 Å². The second kappa shape index (κ2) is 8.24. The van der Waals surface area contributed by atoms with Crippen LogP contribution in [0.15, 0.2) is 18.5 Å². The Kier molecular flexibility index (Phi) is 6.65. The Hall–Kier alpha value is -2.11. The van der Waals surface area contributed by atoms with E-state index in [2.05, 4.69) is 26.9 Å². The quantitative estimate of drug-likeness (QED) is 0.620. The summed E-state index contributed by atoms with van der Waals surface area (Å²) in [6.07, 6.45) is -1.56. The molecule has 0 aliphatic rings. The van der Waals surface area contributed by atoms with Gasteiger partial charge in [-0.15, -0.1) is 0 Å². The summed E-state index contributed by atoms with van der Waals surface area (Å²) in [5, 5.41) is 2.42. The van der Waals surface area contributed by atoms with Gasteiger partial charge in [0.2, 0.25) is 0 Å². The van der Waals surface area contributed by atoms with Crippen LogP contribution < -0.4 is 11.1 Å². The molecule has 0 saturated heterocycles. The van der Waals surface area contributed by atoms with Crippen LogP contribution in [-0.2, 0) is 4.74 Å². The molecule has 0 radical (unpaired) electrons. The van der Waals surface area contributed by atoms with Gasteiger partial charge in [-0.2, -0.15) is 13.2 Å². The Labute approximate surface area is 119 Å². The summed E-state index contributed by atoms with van der Waals surface area (Å²) in [6.45, 7) is -1.42. The van der Waals surface area contributed by atoms with Crippen molar-refractivity contribution in [3.63, 3.8) is 0 Å². The normalized spacial score (nSPS) is 10.7. The van der Waals surface area contributed by atoms with Gasteiger partial charge < -0.3 is 15.8 Å². The van der Waals surface area contributed by atoms with Crippen molar-refractivity contribution in [2.24, 2.45) is 5.73 Å². The van der Waals surface area contributed by atoms with Crippen molar-refractivity contribution in [1.82, 2.24) is 10.3 Å². The maximum Gasteiger partial charge on any atom is 0.411 e. The number of carbonyl (C=O) groups excluding carboxylic acids is 1. The lowest BCUT2D eigenvalue weighted by molar-refractivity contribution is -0.173. The number of hydrogen-bond donors (Lipinski definition) is 2.